The number of rotatable bonds is 15. The fraction of sp³-hybridized carbons (Fsp3) is 0.700. The number of aliphatic imine (C=N–C) groups is 1. The first kappa shape index (κ1) is 30.0. The molecule has 0 aliphatic carbocycles. The van der Waals surface area contributed by atoms with E-state index in [1.165, 1.54) is 16.7 Å². The Labute approximate surface area is 207 Å². The maximum absolute atomic E-state index is 12.9. The largest absolute Gasteiger partial charge is 0.481 e. The van der Waals surface area contributed by atoms with E-state index in [4.69, 9.17) is 17.2 Å². The molecule has 10 N–H and O–H groups in total. The third-order valence-corrected chi connectivity index (χ3v) is 6.00. The van der Waals surface area contributed by atoms with E-state index in [9.17, 15) is 34.2 Å². The van der Waals surface area contributed by atoms with Crippen LogP contribution in [-0.2, 0) is 24.0 Å². The van der Waals surface area contributed by atoms with Gasteiger partial charge in [0.15, 0.2) is 5.96 Å². The number of thioether (sulfide) groups is 1. The predicted octanol–water partition coefficient (Wildman–Crippen LogP) is -2.36. The van der Waals surface area contributed by atoms with Gasteiger partial charge in [-0.05, 0) is 44.1 Å². The summed E-state index contributed by atoms with van der Waals surface area (Å²) in [5.74, 6) is -4.33. The molecule has 1 saturated heterocycles. The van der Waals surface area contributed by atoms with Crippen LogP contribution in [0.15, 0.2) is 4.99 Å². The molecule has 4 unspecified atom stereocenters. The minimum atomic E-state index is -1.51. The van der Waals surface area contributed by atoms with Crippen molar-refractivity contribution < 1.29 is 34.2 Å². The number of nitrogens with one attached hydrogen (secondary N) is 2. The zero-order valence-electron chi connectivity index (χ0n) is 19.6. The molecule has 0 aromatic rings. The number of carbonyl (C=O) groups excluding carboxylic acids is 3. The van der Waals surface area contributed by atoms with Crippen molar-refractivity contribution in [2.75, 3.05) is 25.1 Å². The Balaban J connectivity index is 2.83. The number of likely N-dealkylation sites (tertiary alicyclic amines) is 1. The second kappa shape index (κ2) is 15.0. The van der Waals surface area contributed by atoms with E-state index in [1.807, 2.05) is 0 Å². The molecule has 1 heterocycles. The van der Waals surface area contributed by atoms with Gasteiger partial charge in [-0.3, -0.25) is 24.2 Å². The van der Waals surface area contributed by atoms with Gasteiger partial charge >= 0.3 is 11.9 Å². The van der Waals surface area contributed by atoms with Crippen molar-refractivity contribution in [3.05, 3.63) is 0 Å². The quantitative estimate of drug-likeness (QED) is 0.0688. The Morgan fingerprint density at radius 2 is 1.80 bits per heavy atom. The number of hydrogen-bond donors (Lipinski definition) is 7. The van der Waals surface area contributed by atoms with Gasteiger partial charge in [-0.2, -0.15) is 11.8 Å². The molecule has 14 nitrogen and oxygen atoms in total. The molecule has 4 atom stereocenters. The van der Waals surface area contributed by atoms with E-state index in [0.29, 0.717) is 31.6 Å². The van der Waals surface area contributed by atoms with Crippen LogP contribution in [0, 0.1) is 0 Å². The van der Waals surface area contributed by atoms with Crippen LogP contribution < -0.4 is 27.8 Å². The third kappa shape index (κ3) is 10.4. The van der Waals surface area contributed by atoms with Crippen molar-refractivity contribution in [2.45, 2.75) is 62.7 Å². The molecule has 35 heavy (non-hydrogen) atoms. The van der Waals surface area contributed by atoms with Gasteiger partial charge in [-0.15, -0.1) is 0 Å². The van der Waals surface area contributed by atoms with E-state index in [1.54, 1.807) is 6.26 Å². The van der Waals surface area contributed by atoms with Crippen molar-refractivity contribution in [1.29, 1.82) is 0 Å². The van der Waals surface area contributed by atoms with E-state index in [-0.39, 0.29) is 25.3 Å². The Bertz CT molecular complexity index is 807. The lowest BCUT2D eigenvalue weighted by Crippen LogP contribution is -2.57. The number of guanidine groups is 1. The molecule has 1 aliphatic heterocycles. The molecule has 0 bridgehead atoms. The van der Waals surface area contributed by atoms with Crippen LogP contribution >= 0.6 is 11.8 Å². The third-order valence-electron chi connectivity index (χ3n) is 5.36. The van der Waals surface area contributed by atoms with Crippen LogP contribution in [0.5, 0.6) is 0 Å². The van der Waals surface area contributed by atoms with Gasteiger partial charge in [0, 0.05) is 13.1 Å². The molecule has 0 aromatic heterocycles. The topological polar surface area (TPSA) is 244 Å². The van der Waals surface area contributed by atoms with Gasteiger partial charge in [0.1, 0.15) is 18.1 Å². The van der Waals surface area contributed by atoms with Crippen molar-refractivity contribution in [3.63, 3.8) is 0 Å². The monoisotopic (exact) mass is 517 g/mol. The molecule has 1 rings (SSSR count). The lowest BCUT2D eigenvalue weighted by molar-refractivity contribution is -0.144. The first-order valence-electron chi connectivity index (χ1n) is 11.1. The van der Waals surface area contributed by atoms with E-state index in [0.717, 1.165) is 0 Å². The molecule has 1 aliphatic rings. The molecule has 0 radical (unpaired) electrons. The molecular formula is C20H35N7O7S. The highest BCUT2D eigenvalue weighted by Gasteiger charge is 2.38. The summed E-state index contributed by atoms with van der Waals surface area (Å²) < 4.78 is 0. The Kier molecular flexibility index (Phi) is 12.9. The number of carboxylic acids is 2. The summed E-state index contributed by atoms with van der Waals surface area (Å²) >= 11 is 1.39. The Morgan fingerprint density at radius 1 is 1.11 bits per heavy atom. The maximum atomic E-state index is 12.9. The SMILES string of the molecule is CSCCC(NC(=O)C(CC(=O)O)NC(=O)C1CCCN1C(=O)C(N)CCCN=C(N)N)C(=O)O. The van der Waals surface area contributed by atoms with E-state index >= 15 is 0 Å². The van der Waals surface area contributed by atoms with Gasteiger partial charge in [0.25, 0.3) is 0 Å². The number of aliphatic carboxylic acids is 2. The van der Waals surface area contributed by atoms with Crippen LogP contribution in [0.3, 0.4) is 0 Å². The molecule has 0 spiro atoms. The smallest absolute Gasteiger partial charge is 0.326 e. The van der Waals surface area contributed by atoms with Crippen LogP contribution in [-0.4, -0.2) is 100.0 Å². The van der Waals surface area contributed by atoms with Gasteiger partial charge in [0.05, 0.1) is 12.5 Å². The molecule has 0 saturated carbocycles. The Morgan fingerprint density at radius 3 is 2.37 bits per heavy atom. The summed E-state index contributed by atoms with van der Waals surface area (Å²) in [5.41, 5.74) is 16.5. The zero-order valence-corrected chi connectivity index (χ0v) is 20.5. The molecule has 15 heteroatoms. The molecule has 1 fully saturated rings. The van der Waals surface area contributed by atoms with Crippen molar-refractivity contribution in [2.24, 2.45) is 22.2 Å². The number of carboxylic acid groups (broad SMARTS) is 2. The number of hydrogen-bond acceptors (Lipinski definition) is 8. The average Bonchev–Trinajstić information content (AvgIpc) is 3.27. The minimum absolute atomic E-state index is 0.0694. The number of amides is 3. The fourth-order valence-electron chi connectivity index (χ4n) is 3.58. The first-order chi connectivity index (χ1) is 16.5. The predicted molar refractivity (Wildman–Crippen MR) is 129 cm³/mol. The lowest BCUT2D eigenvalue weighted by atomic mass is 10.1. The highest BCUT2D eigenvalue weighted by atomic mass is 32.2. The van der Waals surface area contributed by atoms with Gasteiger partial charge in [-0.25, -0.2) is 4.79 Å². The van der Waals surface area contributed by atoms with E-state index < -0.39 is 60.2 Å². The number of nitrogens with two attached hydrogens (primary N) is 3. The Hall–Kier alpha value is -3.07. The number of nitrogens with zero attached hydrogens (tertiary/aromatic N) is 2. The van der Waals surface area contributed by atoms with Gasteiger partial charge < -0.3 is 42.9 Å². The molecule has 198 valence electrons. The summed E-state index contributed by atoms with van der Waals surface area (Å²) in [6.45, 7) is 0.581. The molecule has 0 aromatic carbocycles. The van der Waals surface area contributed by atoms with E-state index in [2.05, 4.69) is 15.6 Å². The summed E-state index contributed by atoms with van der Waals surface area (Å²) in [5, 5.41) is 23.2. The highest BCUT2D eigenvalue weighted by Crippen LogP contribution is 2.19. The van der Waals surface area contributed by atoms with Crippen LogP contribution in [0.4, 0.5) is 0 Å². The van der Waals surface area contributed by atoms with Crippen LogP contribution in [0.25, 0.3) is 0 Å². The van der Waals surface area contributed by atoms with Crippen molar-refractivity contribution in [3.8, 4) is 0 Å². The molecule has 3 amide bonds. The lowest BCUT2D eigenvalue weighted by Gasteiger charge is -2.28. The summed E-state index contributed by atoms with van der Waals surface area (Å²) in [6.07, 6.45) is 2.73. The van der Waals surface area contributed by atoms with Crippen molar-refractivity contribution >= 4 is 47.4 Å². The zero-order chi connectivity index (χ0) is 26.5. The normalized spacial score (nSPS) is 17.7. The second-order valence-corrected chi connectivity index (χ2v) is 9.07. The number of carbonyl (C=O) groups is 5. The van der Waals surface area contributed by atoms with Gasteiger partial charge in [-0.1, -0.05) is 0 Å². The highest BCUT2D eigenvalue weighted by molar-refractivity contribution is 7.98. The average molecular weight is 518 g/mol. The first-order valence-corrected chi connectivity index (χ1v) is 12.5. The second-order valence-electron chi connectivity index (χ2n) is 8.08. The maximum Gasteiger partial charge on any atom is 0.326 e. The van der Waals surface area contributed by atoms with Crippen molar-refractivity contribution in [1.82, 2.24) is 15.5 Å². The fourth-order valence-corrected chi connectivity index (χ4v) is 4.05. The summed E-state index contributed by atoms with van der Waals surface area (Å²) in [4.78, 5) is 66.2. The summed E-state index contributed by atoms with van der Waals surface area (Å²) in [7, 11) is 0. The standard InChI is InChI=1S/C20H35N7O7S/c1-35-9-6-12(19(33)34)25-16(30)13(10-15(28)29)26-17(31)14-5-3-8-27(14)18(32)11(21)4-2-7-24-20(22)23/h11-14H,2-10,21H2,1H3,(H,25,30)(H,26,31)(H,28,29)(H,33,34)(H4,22,23,24). The van der Waals surface area contributed by atoms with Gasteiger partial charge in [0.2, 0.25) is 17.7 Å². The van der Waals surface area contributed by atoms with Crippen LogP contribution in [0.1, 0.15) is 38.5 Å². The summed E-state index contributed by atoms with van der Waals surface area (Å²) in [6, 6.07) is -4.56. The van der Waals surface area contributed by atoms with Crippen LogP contribution in [0.2, 0.25) is 0 Å². The molecular weight excluding hydrogens is 482 g/mol. The minimum Gasteiger partial charge on any atom is -0.481 e.